The van der Waals surface area contributed by atoms with Gasteiger partial charge in [-0.3, -0.25) is 0 Å². The van der Waals surface area contributed by atoms with Gasteiger partial charge in [-0.05, 0) is 38.5 Å². The molecule has 0 spiro atoms. The maximum Gasteiger partial charge on any atom is 0.338 e. The lowest BCUT2D eigenvalue weighted by atomic mass is 9.94. The molecule has 7 heteroatoms. The van der Waals surface area contributed by atoms with Crippen molar-refractivity contribution in [1.29, 1.82) is 0 Å². The first-order chi connectivity index (χ1) is 11.4. The average Bonchev–Trinajstić information content (AvgIpc) is 2.98. The van der Waals surface area contributed by atoms with E-state index in [1.54, 1.807) is 46.0 Å². The number of rotatable bonds is 3. The van der Waals surface area contributed by atoms with Crippen molar-refractivity contribution in [2.24, 2.45) is 0 Å². The Morgan fingerprint density at radius 2 is 2.04 bits per heavy atom. The molecule has 0 radical (unpaired) electrons. The largest absolute Gasteiger partial charge is 0.459 e. The van der Waals surface area contributed by atoms with Crippen LogP contribution in [-0.2, 0) is 9.53 Å². The molecule has 1 unspecified atom stereocenters. The summed E-state index contributed by atoms with van der Waals surface area (Å²) in [6.45, 7) is 5.47. The van der Waals surface area contributed by atoms with Crippen molar-refractivity contribution in [3.63, 3.8) is 0 Å². The molecule has 2 amide bonds. The Bertz CT molecular complexity index is 726. The Hall–Kier alpha value is -2.70. The molecule has 0 saturated heterocycles. The summed E-state index contributed by atoms with van der Waals surface area (Å²) in [6, 6.07) is 4.46. The van der Waals surface area contributed by atoms with Crippen LogP contribution in [0, 0.1) is 0 Å². The fraction of sp³-hybridized carbons (Fsp3) is 0.412. The second kappa shape index (κ2) is 6.07. The molecule has 128 valence electrons. The third-order valence-corrected chi connectivity index (χ3v) is 4.05. The van der Waals surface area contributed by atoms with Crippen molar-refractivity contribution < 1.29 is 23.8 Å². The molecule has 24 heavy (non-hydrogen) atoms. The number of carbonyl (C=O) groups excluding carboxylic acids is 2. The number of amides is 2. The van der Waals surface area contributed by atoms with E-state index in [0.29, 0.717) is 22.8 Å². The molecular formula is C17H20N2O5. The topological polar surface area (TPSA) is 77.1 Å². The summed E-state index contributed by atoms with van der Waals surface area (Å²) in [4.78, 5) is 26.2. The molecule has 0 saturated carbocycles. The van der Waals surface area contributed by atoms with Gasteiger partial charge >= 0.3 is 12.0 Å². The van der Waals surface area contributed by atoms with Gasteiger partial charge in [0.15, 0.2) is 11.5 Å². The molecule has 0 fully saturated rings. The Balaban J connectivity index is 2.03. The van der Waals surface area contributed by atoms with Gasteiger partial charge in [-0.15, -0.1) is 0 Å². The second-order valence-corrected chi connectivity index (χ2v) is 6.01. The first-order valence-electron chi connectivity index (χ1n) is 7.74. The number of benzene rings is 1. The quantitative estimate of drug-likeness (QED) is 0.860. The highest BCUT2D eigenvalue weighted by Gasteiger charge is 2.36. The number of carbonyl (C=O) groups is 2. The van der Waals surface area contributed by atoms with E-state index in [9.17, 15) is 9.59 Å². The van der Waals surface area contributed by atoms with Gasteiger partial charge in [-0.25, -0.2) is 9.59 Å². The van der Waals surface area contributed by atoms with E-state index in [1.807, 2.05) is 0 Å². The molecule has 2 aliphatic heterocycles. The van der Waals surface area contributed by atoms with Crippen LogP contribution in [-0.4, -0.2) is 36.8 Å². The molecule has 0 bridgehead atoms. The summed E-state index contributed by atoms with van der Waals surface area (Å²) in [5, 5.41) is 2.84. The van der Waals surface area contributed by atoms with Gasteiger partial charge in [0, 0.05) is 12.7 Å². The second-order valence-electron chi connectivity index (χ2n) is 6.01. The minimum Gasteiger partial charge on any atom is -0.459 e. The number of hydrogen-bond donors (Lipinski definition) is 1. The lowest BCUT2D eigenvalue weighted by molar-refractivity contribution is -0.143. The van der Waals surface area contributed by atoms with Crippen LogP contribution < -0.4 is 14.8 Å². The Morgan fingerprint density at radius 1 is 1.33 bits per heavy atom. The summed E-state index contributed by atoms with van der Waals surface area (Å²) < 4.78 is 16.1. The first kappa shape index (κ1) is 16.2. The van der Waals surface area contributed by atoms with E-state index in [2.05, 4.69) is 5.32 Å². The van der Waals surface area contributed by atoms with Crippen LogP contribution in [0.2, 0.25) is 0 Å². The third-order valence-electron chi connectivity index (χ3n) is 4.05. The Kier molecular flexibility index (Phi) is 4.09. The van der Waals surface area contributed by atoms with E-state index in [0.717, 1.165) is 5.56 Å². The molecule has 1 aromatic carbocycles. The van der Waals surface area contributed by atoms with Gasteiger partial charge in [0.1, 0.15) is 0 Å². The van der Waals surface area contributed by atoms with Crippen molar-refractivity contribution >= 4 is 12.0 Å². The van der Waals surface area contributed by atoms with Gasteiger partial charge < -0.3 is 24.4 Å². The van der Waals surface area contributed by atoms with Crippen LogP contribution in [0.4, 0.5) is 4.79 Å². The number of allylic oxidation sites excluding steroid dienone is 1. The number of nitrogens with one attached hydrogen (secondary N) is 1. The molecular weight excluding hydrogens is 312 g/mol. The number of esters is 1. The highest BCUT2D eigenvalue weighted by molar-refractivity contribution is 5.95. The minimum atomic E-state index is -0.602. The summed E-state index contributed by atoms with van der Waals surface area (Å²) in [5.41, 5.74) is 1.70. The zero-order valence-electron chi connectivity index (χ0n) is 14.1. The lowest BCUT2D eigenvalue weighted by Crippen LogP contribution is -2.46. The minimum absolute atomic E-state index is 0.162. The van der Waals surface area contributed by atoms with Crippen LogP contribution in [0.25, 0.3) is 0 Å². The third kappa shape index (κ3) is 2.77. The van der Waals surface area contributed by atoms with Crippen molar-refractivity contribution in [2.45, 2.75) is 32.9 Å². The van der Waals surface area contributed by atoms with Crippen LogP contribution in [0.3, 0.4) is 0 Å². The van der Waals surface area contributed by atoms with Crippen LogP contribution in [0.5, 0.6) is 11.5 Å². The molecule has 2 heterocycles. The zero-order chi connectivity index (χ0) is 17.4. The average molecular weight is 332 g/mol. The van der Waals surface area contributed by atoms with Crippen molar-refractivity contribution in [3.05, 3.63) is 35.0 Å². The van der Waals surface area contributed by atoms with Crippen molar-refractivity contribution in [3.8, 4) is 11.5 Å². The van der Waals surface area contributed by atoms with E-state index in [4.69, 9.17) is 14.2 Å². The van der Waals surface area contributed by atoms with Gasteiger partial charge in [-0.2, -0.15) is 0 Å². The van der Waals surface area contributed by atoms with E-state index < -0.39 is 12.0 Å². The Labute approximate surface area is 140 Å². The van der Waals surface area contributed by atoms with E-state index >= 15 is 0 Å². The van der Waals surface area contributed by atoms with Crippen molar-refractivity contribution in [1.82, 2.24) is 10.2 Å². The summed E-state index contributed by atoms with van der Waals surface area (Å²) in [6.07, 6.45) is -0.252. The summed E-state index contributed by atoms with van der Waals surface area (Å²) in [7, 11) is 1.61. The van der Waals surface area contributed by atoms with Gasteiger partial charge in [0.25, 0.3) is 0 Å². The monoisotopic (exact) mass is 332 g/mol. The van der Waals surface area contributed by atoms with Gasteiger partial charge in [0.2, 0.25) is 6.79 Å². The maximum absolute atomic E-state index is 12.6. The van der Waals surface area contributed by atoms with E-state index in [1.165, 1.54) is 4.90 Å². The normalized spacial score (nSPS) is 19.6. The molecule has 3 rings (SSSR count). The van der Waals surface area contributed by atoms with Crippen LogP contribution in [0.15, 0.2) is 29.5 Å². The maximum atomic E-state index is 12.6. The zero-order valence-corrected chi connectivity index (χ0v) is 14.1. The molecule has 1 N–H and O–H groups in total. The molecule has 2 aliphatic rings. The lowest BCUT2D eigenvalue weighted by Gasteiger charge is -2.33. The van der Waals surface area contributed by atoms with Gasteiger partial charge in [-0.1, -0.05) is 6.07 Å². The fourth-order valence-corrected chi connectivity index (χ4v) is 2.72. The summed E-state index contributed by atoms with van der Waals surface area (Å²) >= 11 is 0. The molecule has 7 nitrogen and oxygen atoms in total. The number of nitrogens with zero attached hydrogens (tertiary/aromatic N) is 1. The molecule has 1 atom stereocenters. The predicted octanol–water partition coefficient (Wildman–Crippen LogP) is 2.34. The number of urea groups is 1. The molecule has 0 aliphatic carbocycles. The summed E-state index contributed by atoms with van der Waals surface area (Å²) in [5.74, 6) is 0.789. The first-order valence-corrected chi connectivity index (χ1v) is 7.74. The Morgan fingerprint density at radius 3 is 2.75 bits per heavy atom. The highest BCUT2D eigenvalue weighted by atomic mass is 16.7. The number of hydrogen-bond acceptors (Lipinski definition) is 5. The molecule has 1 aromatic rings. The standard InChI is InChI=1S/C17H20N2O5/c1-9(2)24-16(20)14-10(3)19(4)17(21)18-15(14)11-5-6-12-13(7-11)23-8-22-12/h5-7,9,15H,8H2,1-4H3,(H,18,21). The van der Waals surface area contributed by atoms with Gasteiger partial charge in [0.05, 0.1) is 17.7 Å². The van der Waals surface area contributed by atoms with E-state index in [-0.39, 0.29) is 18.9 Å². The highest BCUT2D eigenvalue weighted by Crippen LogP contribution is 2.37. The number of ether oxygens (including phenoxy) is 3. The van der Waals surface area contributed by atoms with Crippen molar-refractivity contribution in [2.75, 3.05) is 13.8 Å². The SMILES string of the molecule is CC1=C(C(=O)OC(C)C)C(c2ccc3c(c2)OCO3)NC(=O)N1C. The number of fused-ring (bicyclic) bond motifs is 1. The van der Waals surface area contributed by atoms with Crippen LogP contribution in [0.1, 0.15) is 32.4 Å². The predicted molar refractivity (Wildman–Crippen MR) is 85.5 cm³/mol. The molecule has 0 aromatic heterocycles. The van der Waals surface area contributed by atoms with Crippen LogP contribution >= 0.6 is 0 Å². The smallest absolute Gasteiger partial charge is 0.338 e. The fourth-order valence-electron chi connectivity index (χ4n) is 2.72.